The largest absolute Gasteiger partial charge is 0.375 e. The van der Waals surface area contributed by atoms with Gasteiger partial charge in [0, 0.05) is 12.4 Å². The maximum absolute atomic E-state index is 5.42. The van der Waals surface area contributed by atoms with Crippen molar-refractivity contribution in [2.45, 2.75) is 23.6 Å². The Morgan fingerprint density at radius 2 is 2.15 bits per heavy atom. The molecule has 2 aromatic heterocycles. The van der Waals surface area contributed by atoms with Crippen LogP contribution in [0.5, 0.6) is 0 Å². The van der Waals surface area contributed by atoms with Gasteiger partial charge in [-0.2, -0.15) is 0 Å². The minimum atomic E-state index is 0.560. The number of hydrogen-bond donors (Lipinski definition) is 0. The Labute approximate surface area is 125 Å². The molecule has 0 spiro atoms. The van der Waals surface area contributed by atoms with Crippen molar-refractivity contribution in [1.29, 1.82) is 0 Å². The second-order valence-corrected chi connectivity index (χ2v) is 6.40. The van der Waals surface area contributed by atoms with Crippen LogP contribution in [0, 0.1) is 0 Å². The summed E-state index contributed by atoms with van der Waals surface area (Å²) in [6, 6.07) is 10.4. The molecule has 3 aromatic rings. The van der Waals surface area contributed by atoms with E-state index in [1.165, 1.54) is 5.56 Å². The highest BCUT2D eigenvalue weighted by Crippen LogP contribution is 2.28. The quantitative estimate of drug-likeness (QED) is 0.652. The standard InChI is InChI=1S/C14H15N3OS2/c1-2-18-9-12-8-15-13-17(12)16-14(20-13)19-10-11-6-4-3-5-7-11/h3-8H,2,9-10H2,1H3. The fourth-order valence-electron chi connectivity index (χ4n) is 1.80. The molecule has 0 saturated heterocycles. The van der Waals surface area contributed by atoms with Gasteiger partial charge >= 0.3 is 0 Å². The average Bonchev–Trinajstić information content (AvgIpc) is 3.04. The van der Waals surface area contributed by atoms with Gasteiger partial charge in [0.05, 0.1) is 18.5 Å². The molecule has 0 atom stereocenters. The smallest absolute Gasteiger partial charge is 0.213 e. The van der Waals surface area contributed by atoms with Gasteiger partial charge in [0.2, 0.25) is 4.96 Å². The van der Waals surface area contributed by atoms with Crippen LogP contribution in [0.2, 0.25) is 0 Å². The summed E-state index contributed by atoms with van der Waals surface area (Å²) in [4.78, 5) is 5.30. The van der Waals surface area contributed by atoms with E-state index in [9.17, 15) is 0 Å². The Morgan fingerprint density at radius 1 is 1.30 bits per heavy atom. The van der Waals surface area contributed by atoms with Crippen LogP contribution in [0.15, 0.2) is 40.9 Å². The fourth-order valence-corrected chi connectivity index (χ4v) is 3.69. The highest BCUT2D eigenvalue weighted by atomic mass is 32.2. The van der Waals surface area contributed by atoms with Crippen LogP contribution in [-0.2, 0) is 17.1 Å². The van der Waals surface area contributed by atoms with E-state index < -0.39 is 0 Å². The van der Waals surface area contributed by atoms with Gasteiger partial charge in [0.15, 0.2) is 4.34 Å². The monoisotopic (exact) mass is 305 g/mol. The third kappa shape index (κ3) is 3.03. The van der Waals surface area contributed by atoms with Crippen molar-refractivity contribution in [1.82, 2.24) is 14.6 Å². The number of rotatable bonds is 6. The number of thioether (sulfide) groups is 1. The molecule has 0 aliphatic carbocycles. The second-order valence-electron chi connectivity index (χ2n) is 4.22. The zero-order valence-electron chi connectivity index (χ0n) is 11.2. The topological polar surface area (TPSA) is 39.4 Å². The highest BCUT2D eigenvalue weighted by Gasteiger charge is 2.10. The Bertz CT molecular complexity index is 678. The number of nitrogens with zero attached hydrogens (tertiary/aromatic N) is 3. The summed E-state index contributed by atoms with van der Waals surface area (Å²) < 4.78 is 8.34. The van der Waals surface area contributed by atoms with Gasteiger partial charge in [0.1, 0.15) is 0 Å². The molecule has 0 unspecified atom stereocenters. The van der Waals surface area contributed by atoms with E-state index in [2.05, 4.69) is 34.3 Å². The van der Waals surface area contributed by atoms with Crippen LogP contribution in [-0.4, -0.2) is 21.2 Å². The molecular formula is C14H15N3OS2. The van der Waals surface area contributed by atoms with Crippen LogP contribution < -0.4 is 0 Å². The zero-order chi connectivity index (χ0) is 13.8. The predicted octanol–water partition coefficient (Wildman–Crippen LogP) is 3.62. The van der Waals surface area contributed by atoms with Crippen LogP contribution in [0.1, 0.15) is 18.2 Å². The summed E-state index contributed by atoms with van der Waals surface area (Å²) in [5.74, 6) is 0.929. The lowest BCUT2D eigenvalue weighted by molar-refractivity contribution is 0.130. The van der Waals surface area contributed by atoms with Crippen molar-refractivity contribution in [3.63, 3.8) is 0 Å². The molecule has 0 N–H and O–H groups in total. The number of aromatic nitrogens is 3. The summed E-state index contributed by atoms with van der Waals surface area (Å²) in [7, 11) is 0. The van der Waals surface area contributed by atoms with Gasteiger partial charge in [0.25, 0.3) is 0 Å². The molecule has 0 amide bonds. The Balaban J connectivity index is 1.71. The summed E-state index contributed by atoms with van der Waals surface area (Å²) in [6.07, 6.45) is 1.83. The van der Waals surface area contributed by atoms with E-state index in [0.717, 1.165) is 20.7 Å². The molecule has 104 valence electrons. The summed E-state index contributed by atoms with van der Waals surface area (Å²) in [5, 5.41) is 4.60. The molecule has 0 radical (unpaired) electrons. The Hall–Kier alpha value is -1.37. The van der Waals surface area contributed by atoms with E-state index in [1.807, 2.05) is 23.7 Å². The van der Waals surface area contributed by atoms with Crippen LogP contribution >= 0.6 is 23.1 Å². The maximum Gasteiger partial charge on any atom is 0.213 e. The lowest BCUT2D eigenvalue weighted by Gasteiger charge is -1.98. The number of benzene rings is 1. The van der Waals surface area contributed by atoms with E-state index in [-0.39, 0.29) is 0 Å². The van der Waals surface area contributed by atoms with Gasteiger partial charge in [-0.15, -0.1) is 5.10 Å². The molecule has 2 heterocycles. The number of imidazole rings is 1. The van der Waals surface area contributed by atoms with Crippen molar-refractivity contribution < 1.29 is 4.74 Å². The maximum atomic E-state index is 5.42. The molecule has 1 aromatic carbocycles. The minimum absolute atomic E-state index is 0.560. The molecule has 20 heavy (non-hydrogen) atoms. The van der Waals surface area contributed by atoms with E-state index in [4.69, 9.17) is 4.74 Å². The molecule has 0 aliphatic rings. The molecule has 0 fully saturated rings. The third-order valence-corrected chi connectivity index (χ3v) is 4.92. The van der Waals surface area contributed by atoms with Crippen LogP contribution in [0.25, 0.3) is 4.96 Å². The summed E-state index contributed by atoms with van der Waals surface area (Å²) in [6.45, 7) is 3.25. The minimum Gasteiger partial charge on any atom is -0.375 e. The van der Waals surface area contributed by atoms with Crippen molar-refractivity contribution in [3.05, 3.63) is 47.8 Å². The van der Waals surface area contributed by atoms with Gasteiger partial charge in [-0.1, -0.05) is 53.4 Å². The van der Waals surface area contributed by atoms with Crippen LogP contribution in [0.3, 0.4) is 0 Å². The van der Waals surface area contributed by atoms with Gasteiger partial charge in [-0.05, 0) is 12.5 Å². The third-order valence-electron chi connectivity index (χ3n) is 2.80. The van der Waals surface area contributed by atoms with Crippen molar-refractivity contribution in [3.8, 4) is 0 Å². The van der Waals surface area contributed by atoms with Crippen molar-refractivity contribution in [2.24, 2.45) is 0 Å². The molecule has 0 aliphatic heterocycles. The first-order valence-electron chi connectivity index (χ1n) is 6.44. The summed E-state index contributed by atoms with van der Waals surface area (Å²) in [5.41, 5.74) is 2.31. The predicted molar refractivity (Wildman–Crippen MR) is 82.2 cm³/mol. The first-order chi connectivity index (χ1) is 9.86. The lowest BCUT2D eigenvalue weighted by atomic mass is 10.2. The fraction of sp³-hybridized carbons (Fsp3) is 0.286. The van der Waals surface area contributed by atoms with Gasteiger partial charge in [-0.3, -0.25) is 0 Å². The average molecular weight is 305 g/mol. The number of ether oxygens (including phenoxy) is 1. The van der Waals surface area contributed by atoms with Crippen molar-refractivity contribution >= 4 is 28.1 Å². The van der Waals surface area contributed by atoms with Crippen molar-refractivity contribution in [2.75, 3.05) is 6.61 Å². The highest BCUT2D eigenvalue weighted by molar-refractivity contribution is 8.00. The first-order valence-corrected chi connectivity index (χ1v) is 8.25. The van der Waals surface area contributed by atoms with E-state index in [1.54, 1.807) is 23.1 Å². The molecule has 4 nitrogen and oxygen atoms in total. The van der Waals surface area contributed by atoms with E-state index in [0.29, 0.717) is 13.2 Å². The lowest BCUT2D eigenvalue weighted by Crippen LogP contribution is -1.97. The Kier molecular flexibility index (Phi) is 4.34. The number of fused-ring (bicyclic) bond motifs is 1. The second kappa shape index (κ2) is 6.39. The molecule has 3 rings (SSSR count). The van der Waals surface area contributed by atoms with Crippen LogP contribution in [0.4, 0.5) is 0 Å². The van der Waals surface area contributed by atoms with E-state index >= 15 is 0 Å². The molecule has 0 bridgehead atoms. The zero-order valence-corrected chi connectivity index (χ0v) is 12.8. The molecule has 0 saturated carbocycles. The molecular weight excluding hydrogens is 290 g/mol. The SMILES string of the molecule is CCOCc1cnc2sc(SCc3ccccc3)nn12. The number of hydrogen-bond acceptors (Lipinski definition) is 5. The first kappa shape index (κ1) is 13.6. The summed E-state index contributed by atoms with van der Waals surface area (Å²) >= 11 is 3.36. The van der Waals surface area contributed by atoms with Gasteiger partial charge < -0.3 is 4.74 Å². The normalized spacial score (nSPS) is 11.2. The Morgan fingerprint density at radius 3 is 2.95 bits per heavy atom. The van der Waals surface area contributed by atoms with Gasteiger partial charge in [-0.25, -0.2) is 9.50 Å². The molecule has 6 heteroatoms.